The number of carbonyl (C=O) groups excluding carboxylic acids is 2. The maximum atomic E-state index is 12.5. The van der Waals surface area contributed by atoms with Gasteiger partial charge in [0.2, 0.25) is 11.8 Å². The molecule has 5 heteroatoms. The molecule has 2 amide bonds. The fraction of sp³-hybridized carbons (Fsp3) is 0.786. The molecule has 19 heavy (non-hydrogen) atoms. The Morgan fingerprint density at radius 1 is 1.16 bits per heavy atom. The standard InChI is InChI=1S/C14H19NO4/c1-6(2)11(14(18)19)15-12(16)9-7-3-4-8(5-7)10(9)13(15)17/h6-11H,3-5H2,1-2H3,(H,18,19)/t7-,8+,9+,10-,11-/m1/s1. The number of carboxylic acid groups (broad SMARTS) is 1. The lowest BCUT2D eigenvalue weighted by molar-refractivity contribution is -0.157. The Balaban J connectivity index is 1.94. The highest BCUT2D eigenvalue weighted by Gasteiger charge is 2.62. The van der Waals surface area contributed by atoms with Crippen LogP contribution in [-0.4, -0.2) is 33.8 Å². The highest BCUT2D eigenvalue weighted by Crippen LogP contribution is 2.56. The molecule has 1 heterocycles. The van der Waals surface area contributed by atoms with Crippen LogP contribution in [0.1, 0.15) is 33.1 Å². The molecule has 1 aliphatic heterocycles. The highest BCUT2D eigenvalue weighted by atomic mass is 16.4. The number of aliphatic carboxylic acids is 1. The van der Waals surface area contributed by atoms with Gasteiger partial charge >= 0.3 is 5.97 Å². The average molecular weight is 265 g/mol. The van der Waals surface area contributed by atoms with Gasteiger partial charge in [-0.1, -0.05) is 13.8 Å². The van der Waals surface area contributed by atoms with Crippen LogP contribution in [0.15, 0.2) is 0 Å². The van der Waals surface area contributed by atoms with E-state index in [1.54, 1.807) is 13.8 Å². The SMILES string of the molecule is CC(C)[C@H](C(=O)O)N1C(=O)[C@@H]2[C@H]3CC[C@H](C3)[C@@H]2C1=O. The van der Waals surface area contributed by atoms with Gasteiger partial charge in [-0.3, -0.25) is 14.5 Å². The Morgan fingerprint density at radius 3 is 2.00 bits per heavy atom. The van der Waals surface area contributed by atoms with Crippen LogP contribution in [0.2, 0.25) is 0 Å². The van der Waals surface area contributed by atoms with Crippen LogP contribution in [0.5, 0.6) is 0 Å². The lowest BCUT2D eigenvalue weighted by atomic mass is 9.81. The number of carboxylic acids is 1. The first-order chi connectivity index (χ1) is 8.93. The largest absolute Gasteiger partial charge is 0.480 e. The summed E-state index contributed by atoms with van der Waals surface area (Å²) in [5, 5.41) is 9.30. The fourth-order valence-electron chi connectivity index (χ4n) is 4.40. The molecular weight excluding hydrogens is 246 g/mol. The van der Waals surface area contributed by atoms with E-state index in [-0.39, 0.29) is 29.6 Å². The first-order valence-electron chi connectivity index (χ1n) is 7.03. The molecule has 3 aliphatic rings. The van der Waals surface area contributed by atoms with Gasteiger partial charge in [-0.2, -0.15) is 0 Å². The van der Waals surface area contributed by atoms with Gasteiger partial charge in [0.15, 0.2) is 0 Å². The van der Waals surface area contributed by atoms with Gasteiger partial charge in [0, 0.05) is 0 Å². The number of amides is 2. The molecule has 3 fully saturated rings. The van der Waals surface area contributed by atoms with Crippen molar-refractivity contribution in [3.63, 3.8) is 0 Å². The number of carbonyl (C=O) groups is 3. The van der Waals surface area contributed by atoms with E-state index in [1.807, 2.05) is 0 Å². The van der Waals surface area contributed by atoms with Crippen LogP contribution >= 0.6 is 0 Å². The van der Waals surface area contributed by atoms with Crippen LogP contribution in [0.4, 0.5) is 0 Å². The molecule has 0 aromatic carbocycles. The van der Waals surface area contributed by atoms with Crippen molar-refractivity contribution >= 4 is 17.8 Å². The second-order valence-corrected chi connectivity index (χ2v) is 6.46. The number of fused-ring (bicyclic) bond motifs is 5. The number of hydrogen-bond donors (Lipinski definition) is 1. The molecule has 5 nitrogen and oxygen atoms in total. The molecule has 0 aromatic heterocycles. The summed E-state index contributed by atoms with van der Waals surface area (Å²) in [6.45, 7) is 3.48. The van der Waals surface area contributed by atoms with Crippen molar-refractivity contribution in [3.8, 4) is 0 Å². The minimum Gasteiger partial charge on any atom is -0.480 e. The molecule has 0 aromatic rings. The van der Waals surface area contributed by atoms with E-state index in [1.165, 1.54) is 0 Å². The maximum absolute atomic E-state index is 12.5. The maximum Gasteiger partial charge on any atom is 0.327 e. The predicted octanol–water partition coefficient (Wildman–Crippen LogP) is 1.13. The van der Waals surface area contributed by atoms with Crippen molar-refractivity contribution in [3.05, 3.63) is 0 Å². The first kappa shape index (κ1) is 12.6. The third-order valence-electron chi connectivity index (χ3n) is 5.12. The molecule has 0 spiro atoms. The number of nitrogens with zero attached hydrogens (tertiary/aromatic N) is 1. The van der Waals surface area contributed by atoms with E-state index in [0.717, 1.165) is 24.2 Å². The molecule has 2 bridgehead atoms. The van der Waals surface area contributed by atoms with Crippen molar-refractivity contribution in [2.75, 3.05) is 0 Å². The number of likely N-dealkylation sites (tertiary alicyclic amines) is 1. The molecule has 2 saturated carbocycles. The summed E-state index contributed by atoms with van der Waals surface area (Å²) in [5.74, 6) is -1.66. The third-order valence-corrected chi connectivity index (χ3v) is 5.12. The molecule has 3 rings (SSSR count). The normalized spacial score (nSPS) is 38.2. The quantitative estimate of drug-likeness (QED) is 0.776. The van der Waals surface area contributed by atoms with Crippen molar-refractivity contribution in [1.29, 1.82) is 0 Å². The predicted molar refractivity (Wildman–Crippen MR) is 65.9 cm³/mol. The Kier molecular flexibility index (Phi) is 2.69. The van der Waals surface area contributed by atoms with E-state index in [0.29, 0.717) is 11.8 Å². The monoisotopic (exact) mass is 265 g/mol. The van der Waals surface area contributed by atoms with Crippen molar-refractivity contribution in [2.45, 2.75) is 39.2 Å². The summed E-state index contributed by atoms with van der Waals surface area (Å²) in [4.78, 5) is 37.4. The Morgan fingerprint density at radius 2 is 1.63 bits per heavy atom. The van der Waals surface area contributed by atoms with Gasteiger partial charge in [0.05, 0.1) is 11.8 Å². The smallest absolute Gasteiger partial charge is 0.327 e. The van der Waals surface area contributed by atoms with Crippen molar-refractivity contribution in [1.82, 2.24) is 4.90 Å². The molecule has 5 atom stereocenters. The number of imide groups is 1. The third kappa shape index (κ3) is 1.56. The summed E-state index contributed by atoms with van der Waals surface area (Å²) in [5.41, 5.74) is 0. The van der Waals surface area contributed by atoms with Gasteiger partial charge in [0.25, 0.3) is 0 Å². The minimum absolute atomic E-state index is 0.230. The summed E-state index contributed by atoms with van der Waals surface area (Å²) < 4.78 is 0. The Hall–Kier alpha value is -1.39. The average Bonchev–Trinajstić information content (AvgIpc) is 2.97. The topological polar surface area (TPSA) is 74.7 Å². The van der Waals surface area contributed by atoms with Gasteiger partial charge in [-0.25, -0.2) is 4.79 Å². The van der Waals surface area contributed by atoms with Gasteiger partial charge in [-0.15, -0.1) is 0 Å². The van der Waals surface area contributed by atoms with Crippen LogP contribution in [0, 0.1) is 29.6 Å². The van der Waals surface area contributed by atoms with Gasteiger partial charge in [0.1, 0.15) is 6.04 Å². The van der Waals surface area contributed by atoms with Crippen LogP contribution in [0.25, 0.3) is 0 Å². The first-order valence-corrected chi connectivity index (χ1v) is 7.03. The molecule has 104 valence electrons. The molecule has 1 saturated heterocycles. The summed E-state index contributed by atoms with van der Waals surface area (Å²) in [6.07, 6.45) is 3.00. The number of hydrogen-bond acceptors (Lipinski definition) is 3. The Bertz CT molecular complexity index is 430. The zero-order valence-electron chi connectivity index (χ0n) is 11.2. The molecule has 0 unspecified atom stereocenters. The molecule has 2 aliphatic carbocycles. The second kappa shape index (κ2) is 4.05. The summed E-state index contributed by atoms with van der Waals surface area (Å²) in [6, 6.07) is -1.01. The van der Waals surface area contributed by atoms with Gasteiger partial charge < -0.3 is 5.11 Å². The molecular formula is C14H19NO4. The van der Waals surface area contributed by atoms with Crippen LogP contribution in [-0.2, 0) is 14.4 Å². The number of rotatable bonds is 3. The lowest BCUT2D eigenvalue weighted by Gasteiger charge is -2.27. The van der Waals surface area contributed by atoms with E-state index in [2.05, 4.69) is 0 Å². The van der Waals surface area contributed by atoms with Crippen molar-refractivity contribution < 1.29 is 19.5 Å². The van der Waals surface area contributed by atoms with E-state index in [9.17, 15) is 19.5 Å². The van der Waals surface area contributed by atoms with Crippen molar-refractivity contribution in [2.24, 2.45) is 29.6 Å². The Labute approximate surface area is 112 Å². The van der Waals surface area contributed by atoms with Gasteiger partial charge in [-0.05, 0) is 37.0 Å². The lowest BCUT2D eigenvalue weighted by Crippen LogP contribution is -2.49. The second-order valence-electron chi connectivity index (χ2n) is 6.46. The van der Waals surface area contributed by atoms with Crippen LogP contribution < -0.4 is 0 Å². The van der Waals surface area contributed by atoms with E-state index >= 15 is 0 Å². The highest BCUT2D eigenvalue weighted by molar-refractivity contribution is 6.08. The zero-order chi connectivity index (χ0) is 13.9. The molecule has 0 radical (unpaired) electrons. The van der Waals surface area contributed by atoms with E-state index < -0.39 is 12.0 Å². The summed E-state index contributed by atoms with van der Waals surface area (Å²) in [7, 11) is 0. The summed E-state index contributed by atoms with van der Waals surface area (Å²) >= 11 is 0. The fourth-order valence-corrected chi connectivity index (χ4v) is 4.40. The van der Waals surface area contributed by atoms with E-state index in [4.69, 9.17) is 0 Å². The zero-order valence-corrected chi connectivity index (χ0v) is 11.2. The molecule has 1 N–H and O–H groups in total. The van der Waals surface area contributed by atoms with Crippen LogP contribution in [0.3, 0.4) is 0 Å². The minimum atomic E-state index is -1.08.